The van der Waals surface area contributed by atoms with Gasteiger partial charge in [-0.1, -0.05) is 6.42 Å². The quantitative estimate of drug-likeness (QED) is 0.221. The van der Waals surface area contributed by atoms with Gasteiger partial charge in [0.1, 0.15) is 11.5 Å². The number of nitriles is 1. The number of hydrogen-bond donors (Lipinski definition) is 2. The minimum Gasteiger partial charge on any atom is -0.497 e. The third-order valence-electron chi connectivity index (χ3n) is 5.23. The van der Waals surface area contributed by atoms with Gasteiger partial charge in [-0.05, 0) is 25.7 Å². The van der Waals surface area contributed by atoms with Gasteiger partial charge < -0.3 is 25.0 Å². The Morgan fingerprint density at radius 1 is 1.09 bits per heavy atom. The summed E-state index contributed by atoms with van der Waals surface area (Å²) in [7, 11) is 3.08. The first-order chi connectivity index (χ1) is 16.5. The van der Waals surface area contributed by atoms with Crippen LogP contribution in [-0.4, -0.2) is 68.0 Å². The van der Waals surface area contributed by atoms with Gasteiger partial charge in [-0.25, -0.2) is 4.99 Å². The molecule has 10 nitrogen and oxygen atoms in total. The van der Waals surface area contributed by atoms with Gasteiger partial charge in [0.2, 0.25) is 17.8 Å². The Labute approximate surface area is 201 Å². The highest BCUT2D eigenvalue weighted by molar-refractivity contribution is 5.85. The number of aliphatic imine (C=N–C) groups is 1. The zero-order valence-corrected chi connectivity index (χ0v) is 20.0. The van der Waals surface area contributed by atoms with Crippen LogP contribution in [0.3, 0.4) is 0 Å². The summed E-state index contributed by atoms with van der Waals surface area (Å²) < 4.78 is 10.1. The number of rotatable bonds is 5. The molecule has 2 saturated heterocycles. The van der Waals surface area contributed by atoms with E-state index in [0.29, 0.717) is 30.2 Å². The molecule has 0 radical (unpaired) electrons. The van der Waals surface area contributed by atoms with Crippen molar-refractivity contribution in [2.45, 2.75) is 38.5 Å². The molecule has 1 aromatic rings. The Kier molecular flexibility index (Phi) is 13.1. The van der Waals surface area contributed by atoms with Crippen LogP contribution in [0, 0.1) is 24.3 Å². The molecule has 2 fully saturated rings. The van der Waals surface area contributed by atoms with Crippen molar-refractivity contribution >= 4 is 23.5 Å². The predicted molar refractivity (Wildman–Crippen MR) is 130 cm³/mol. The topological polar surface area (TPSA) is 133 Å². The van der Waals surface area contributed by atoms with E-state index in [1.54, 1.807) is 43.5 Å². The minimum atomic E-state index is 0.0119. The van der Waals surface area contributed by atoms with Crippen molar-refractivity contribution in [1.82, 2.24) is 15.1 Å². The third kappa shape index (κ3) is 9.70. The maximum Gasteiger partial charge on any atom is 0.242 e. The van der Waals surface area contributed by atoms with Crippen molar-refractivity contribution in [2.75, 3.05) is 40.4 Å². The number of likely N-dealkylation sites (tertiary alicyclic amines) is 2. The average molecular weight is 471 g/mol. The van der Waals surface area contributed by atoms with Crippen LogP contribution in [0.15, 0.2) is 23.2 Å². The second kappa shape index (κ2) is 15.8. The average Bonchev–Trinajstić information content (AvgIpc) is 3.32. The molecule has 0 bridgehead atoms. The van der Waals surface area contributed by atoms with Gasteiger partial charge >= 0.3 is 0 Å². The SMILES string of the molecule is C#C.COc1cc(N=C(N)NC#N)cc(OC)c1.O=C(CN1CCCCCC1=O)N1CCCC1. The number of carbonyl (C=O) groups excluding carboxylic acids is 2. The maximum absolute atomic E-state index is 11.9. The van der Waals surface area contributed by atoms with E-state index in [-0.39, 0.29) is 17.8 Å². The summed E-state index contributed by atoms with van der Waals surface area (Å²) in [5, 5.41) is 10.6. The molecular weight excluding hydrogens is 436 g/mol. The number of ether oxygens (including phenoxy) is 2. The largest absolute Gasteiger partial charge is 0.497 e. The zero-order chi connectivity index (χ0) is 25.3. The summed E-state index contributed by atoms with van der Waals surface area (Å²) in [6, 6.07) is 5.07. The van der Waals surface area contributed by atoms with Gasteiger partial charge in [-0.15, -0.1) is 12.8 Å². The van der Waals surface area contributed by atoms with Crippen LogP contribution >= 0.6 is 0 Å². The Morgan fingerprint density at radius 3 is 2.24 bits per heavy atom. The molecule has 2 amide bonds. The molecule has 0 saturated carbocycles. The van der Waals surface area contributed by atoms with Crippen molar-refractivity contribution in [3.63, 3.8) is 0 Å². The van der Waals surface area contributed by atoms with E-state index in [4.69, 9.17) is 20.5 Å². The second-order valence-electron chi connectivity index (χ2n) is 7.52. The molecule has 0 atom stereocenters. The smallest absolute Gasteiger partial charge is 0.242 e. The van der Waals surface area contributed by atoms with E-state index in [1.807, 2.05) is 4.90 Å². The van der Waals surface area contributed by atoms with E-state index in [0.717, 1.165) is 51.7 Å². The molecule has 0 spiro atoms. The summed E-state index contributed by atoms with van der Waals surface area (Å²) in [6.07, 6.45) is 15.6. The number of terminal acetylenes is 1. The molecule has 0 unspecified atom stereocenters. The van der Waals surface area contributed by atoms with Crippen molar-refractivity contribution < 1.29 is 19.1 Å². The summed E-state index contributed by atoms with van der Waals surface area (Å²) in [5.74, 6) is 1.50. The third-order valence-corrected chi connectivity index (χ3v) is 5.23. The van der Waals surface area contributed by atoms with Crippen molar-refractivity contribution in [3.8, 4) is 30.5 Å². The molecule has 1 aromatic carbocycles. The van der Waals surface area contributed by atoms with Crippen LogP contribution in [-0.2, 0) is 9.59 Å². The zero-order valence-electron chi connectivity index (χ0n) is 20.0. The molecule has 2 aliphatic rings. The normalized spacial score (nSPS) is 15.5. The van der Waals surface area contributed by atoms with Crippen LogP contribution in [0.2, 0.25) is 0 Å². The lowest BCUT2D eigenvalue weighted by atomic mass is 10.2. The molecule has 0 aromatic heterocycles. The summed E-state index contributed by atoms with van der Waals surface area (Å²) >= 11 is 0. The van der Waals surface area contributed by atoms with Crippen LogP contribution < -0.4 is 20.5 Å². The van der Waals surface area contributed by atoms with Gasteiger partial charge in [-0.3, -0.25) is 14.9 Å². The van der Waals surface area contributed by atoms with E-state index in [1.165, 1.54) is 0 Å². The number of nitrogens with one attached hydrogen (secondary N) is 1. The number of benzene rings is 1. The number of guanidine groups is 1. The molecule has 10 heteroatoms. The number of nitrogens with zero attached hydrogens (tertiary/aromatic N) is 4. The van der Waals surface area contributed by atoms with Crippen molar-refractivity contribution in [2.24, 2.45) is 10.7 Å². The maximum atomic E-state index is 11.9. The molecule has 184 valence electrons. The molecular formula is C24H34N6O4. The minimum absolute atomic E-state index is 0.0119. The lowest BCUT2D eigenvalue weighted by molar-refractivity contribution is -0.139. The van der Waals surface area contributed by atoms with Crippen molar-refractivity contribution in [1.29, 1.82) is 5.26 Å². The molecule has 3 rings (SSSR count). The highest BCUT2D eigenvalue weighted by Gasteiger charge is 2.23. The van der Waals surface area contributed by atoms with E-state index in [2.05, 4.69) is 23.2 Å². The number of amides is 2. The summed E-state index contributed by atoms with van der Waals surface area (Å²) in [5.41, 5.74) is 5.97. The number of carbonyl (C=O) groups is 2. The van der Waals surface area contributed by atoms with Gasteiger partial charge in [0.05, 0.1) is 26.5 Å². The van der Waals surface area contributed by atoms with Gasteiger partial charge in [0, 0.05) is 44.3 Å². The van der Waals surface area contributed by atoms with Gasteiger partial charge in [0.25, 0.3) is 0 Å². The van der Waals surface area contributed by atoms with Crippen molar-refractivity contribution in [3.05, 3.63) is 18.2 Å². The Hall–Kier alpha value is -3.92. The first kappa shape index (κ1) is 28.1. The fourth-order valence-electron chi connectivity index (χ4n) is 3.52. The molecule has 2 heterocycles. The Bertz CT molecular complexity index is 865. The first-order valence-corrected chi connectivity index (χ1v) is 11.1. The second-order valence-corrected chi connectivity index (χ2v) is 7.52. The first-order valence-electron chi connectivity index (χ1n) is 11.1. The van der Waals surface area contributed by atoms with Crippen LogP contribution in [0.4, 0.5) is 5.69 Å². The van der Waals surface area contributed by atoms with Crippen LogP contribution in [0.1, 0.15) is 38.5 Å². The molecule has 0 aliphatic carbocycles. The fourth-order valence-corrected chi connectivity index (χ4v) is 3.52. The van der Waals surface area contributed by atoms with Crippen LogP contribution in [0.25, 0.3) is 0 Å². The molecule has 34 heavy (non-hydrogen) atoms. The standard InChI is InChI=1S/C12H20N2O2.C10H12N4O2.C2H2/c15-11-6-2-1-3-9-14(11)10-12(16)13-7-4-5-8-13;1-15-8-3-7(4-9(5-8)16-2)14-10(12)13-6-11;1-2/h1-10H2;3-5H,1-2H3,(H3,12,13,14);1-2H. The van der Waals surface area contributed by atoms with E-state index >= 15 is 0 Å². The summed E-state index contributed by atoms with van der Waals surface area (Å²) in [6.45, 7) is 2.82. The highest BCUT2D eigenvalue weighted by Crippen LogP contribution is 2.27. The van der Waals surface area contributed by atoms with E-state index in [9.17, 15) is 9.59 Å². The van der Waals surface area contributed by atoms with Crippen LogP contribution in [0.5, 0.6) is 11.5 Å². The van der Waals surface area contributed by atoms with Gasteiger partial charge in [-0.2, -0.15) is 5.26 Å². The molecule has 3 N–H and O–H groups in total. The number of methoxy groups -OCH3 is 2. The Balaban J connectivity index is 0.000000317. The highest BCUT2D eigenvalue weighted by atomic mass is 16.5. The predicted octanol–water partition coefficient (Wildman–Crippen LogP) is 1.98. The fraction of sp³-hybridized carbons (Fsp3) is 0.500. The number of hydrogen-bond acceptors (Lipinski definition) is 6. The Morgan fingerprint density at radius 2 is 1.68 bits per heavy atom. The molecule has 2 aliphatic heterocycles. The number of nitrogens with two attached hydrogens (primary N) is 1. The van der Waals surface area contributed by atoms with Gasteiger partial charge in [0.15, 0.2) is 6.19 Å². The summed E-state index contributed by atoms with van der Waals surface area (Å²) in [4.78, 5) is 31.2. The lowest BCUT2D eigenvalue weighted by Gasteiger charge is -2.23. The lowest BCUT2D eigenvalue weighted by Crippen LogP contribution is -2.41. The van der Waals surface area contributed by atoms with E-state index < -0.39 is 0 Å². The monoisotopic (exact) mass is 470 g/mol.